The Morgan fingerprint density at radius 2 is 1.69 bits per heavy atom. The van der Waals surface area contributed by atoms with Gasteiger partial charge < -0.3 is 19.7 Å². The number of nitrogens with zero attached hydrogens (tertiary/aromatic N) is 3. The highest BCUT2D eigenvalue weighted by molar-refractivity contribution is 6.04. The molecule has 0 aliphatic carbocycles. The van der Waals surface area contributed by atoms with Gasteiger partial charge in [0.15, 0.2) is 17.3 Å². The van der Waals surface area contributed by atoms with Crippen LogP contribution in [0.3, 0.4) is 0 Å². The summed E-state index contributed by atoms with van der Waals surface area (Å²) in [6, 6.07) is 16.7. The predicted octanol–water partition coefficient (Wildman–Crippen LogP) is 3.72. The number of carbonyl (C=O) groups is 1. The van der Waals surface area contributed by atoms with Crippen molar-refractivity contribution in [2.75, 3.05) is 30.1 Å². The van der Waals surface area contributed by atoms with E-state index in [0.29, 0.717) is 22.7 Å². The van der Waals surface area contributed by atoms with Crippen LogP contribution in [0, 0.1) is 0 Å². The number of aromatic nitrogens is 2. The average molecular weight is 388 g/mol. The number of benzene rings is 2. The summed E-state index contributed by atoms with van der Waals surface area (Å²) in [6.45, 7) is 2.28. The van der Waals surface area contributed by atoms with Gasteiger partial charge in [-0.25, -0.2) is 0 Å². The molecule has 0 atom stereocenters. The molecule has 1 fully saturated rings. The Kier molecular flexibility index (Phi) is 4.48. The van der Waals surface area contributed by atoms with Crippen molar-refractivity contribution in [2.45, 2.75) is 12.8 Å². The Bertz CT molecular complexity index is 1030. The highest BCUT2D eigenvalue weighted by Gasteiger charge is 2.17. The number of nitrogens with one attached hydrogen (secondary N) is 1. The van der Waals surface area contributed by atoms with Crippen LogP contribution >= 0.6 is 0 Å². The predicted molar refractivity (Wildman–Crippen MR) is 109 cm³/mol. The van der Waals surface area contributed by atoms with Gasteiger partial charge in [-0.05, 0) is 55.3 Å². The van der Waals surface area contributed by atoms with E-state index < -0.39 is 0 Å². The Balaban J connectivity index is 1.27. The summed E-state index contributed by atoms with van der Waals surface area (Å²) in [7, 11) is 0. The summed E-state index contributed by atoms with van der Waals surface area (Å²) >= 11 is 0. The fourth-order valence-corrected chi connectivity index (χ4v) is 3.56. The van der Waals surface area contributed by atoms with Gasteiger partial charge in [0.05, 0.1) is 5.69 Å². The molecular formula is C22H20N4O3. The maximum Gasteiger partial charge on any atom is 0.255 e. The zero-order chi connectivity index (χ0) is 19.6. The smallest absolute Gasteiger partial charge is 0.255 e. The number of anilines is 2. The van der Waals surface area contributed by atoms with Crippen molar-refractivity contribution in [3.63, 3.8) is 0 Å². The second-order valence-corrected chi connectivity index (χ2v) is 7.07. The van der Waals surface area contributed by atoms with Crippen molar-refractivity contribution in [1.29, 1.82) is 0 Å². The van der Waals surface area contributed by atoms with Gasteiger partial charge in [0.1, 0.15) is 0 Å². The zero-order valence-corrected chi connectivity index (χ0v) is 15.8. The molecule has 1 saturated heterocycles. The van der Waals surface area contributed by atoms with E-state index >= 15 is 0 Å². The van der Waals surface area contributed by atoms with E-state index in [1.165, 1.54) is 12.8 Å². The second-order valence-electron chi connectivity index (χ2n) is 7.07. The largest absolute Gasteiger partial charge is 0.454 e. The van der Waals surface area contributed by atoms with Gasteiger partial charge in [0, 0.05) is 29.9 Å². The minimum atomic E-state index is -0.203. The van der Waals surface area contributed by atoms with Gasteiger partial charge >= 0.3 is 0 Å². The average Bonchev–Trinajstić information content (AvgIpc) is 3.46. The van der Waals surface area contributed by atoms with Gasteiger partial charge in [-0.3, -0.25) is 4.79 Å². The maximum absolute atomic E-state index is 12.5. The summed E-state index contributed by atoms with van der Waals surface area (Å²) in [5, 5.41) is 11.6. The fourth-order valence-electron chi connectivity index (χ4n) is 3.56. The molecule has 0 bridgehead atoms. The first-order chi connectivity index (χ1) is 14.3. The SMILES string of the molecule is O=C(Nc1ccc(-c2ccc(N3CCCC3)nn2)cc1)c1ccc2c(c1)OCO2. The van der Waals surface area contributed by atoms with Gasteiger partial charge in [0.25, 0.3) is 5.91 Å². The third-order valence-corrected chi connectivity index (χ3v) is 5.15. The molecule has 3 heterocycles. The highest BCUT2D eigenvalue weighted by Crippen LogP contribution is 2.32. The van der Waals surface area contributed by atoms with Crippen LogP contribution in [-0.2, 0) is 0 Å². The Labute approximate surface area is 168 Å². The second kappa shape index (κ2) is 7.43. The normalized spacial score (nSPS) is 14.8. The lowest BCUT2D eigenvalue weighted by molar-refractivity contribution is 0.102. The van der Waals surface area contributed by atoms with Crippen molar-refractivity contribution in [2.24, 2.45) is 0 Å². The molecule has 0 radical (unpaired) electrons. The number of ether oxygens (including phenoxy) is 2. The minimum Gasteiger partial charge on any atom is -0.454 e. The van der Waals surface area contributed by atoms with Crippen molar-refractivity contribution >= 4 is 17.4 Å². The summed E-state index contributed by atoms with van der Waals surface area (Å²) in [5.41, 5.74) is 2.98. The van der Waals surface area contributed by atoms with Crippen LogP contribution in [0.15, 0.2) is 54.6 Å². The molecule has 0 unspecified atom stereocenters. The molecule has 1 amide bonds. The monoisotopic (exact) mass is 388 g/mol. The molecule has 5 rings (SSSR count). The molecule has 0 spiro atoms. The number of rotatable bonds is 4. The molecule has 146 valence electrons. The molecule has 0 saturated carbocycles. The van der Waals surface area contributed by atoms with Crippen molar-refractivity contribution in [3.05, 3.63) is 60.2 Å². The van der Waals surface area contributed by atoms with E-state index in [1.54, 1.807) is 18.2 Å². The van der Waals surface area contributed by atoms with Crippen LogP contribution < -0.4 is 19.7 Å². The van der Waals surface area contributed by atoms with E-state index in [2.05, 4.69) is 20.4 Å². The first-order valence-corrected chi connectivity index (χ1v) is 9.66. The third kappa shape index (κ3) is 3.59. The molecule has 7 nitrogen and oxygen atoms in total. The summed E-state index contributed by atoms with van der Waals surface area (Å²) in [4.78, 5) is 14.8. The van der Waals surface area contributed by atoms with Crippen LogP contribution in [0.1, 0.15) is 23.2 Å². The molecule has 7 heteroatoms. The number of hydrogen-bond donors (Lipinski definition) is 1. The first-order valence-electron chi connectivity index (χ1n) is 9.66. The quantitative estimate of drug-likeness (QED) is 0.734. The molecular weight excluding hydrogens is 368 g/mol. The zero-order valence-electron chi connectivity index (χ0n) is 15.8. The van der Waals surface area contributed by atoms with Gasteiger partial charge in [-0.1, -0.05) is 12.1 Å². The van der Waals surface area contributed by atoms with Gasteiger partial charge in [0.2, 0.25) is 6.79 Å². The highest BCUT2D eigenvalue weighted by atomic mass is 16.7. The van der Waals surface area contributed by atoms with E-state index in [9.17, 15) is 4.79 Å². The number of fused-ring (bicyclic) bond motifs is 1. The van der Waals surface area contributed by atoms with E-state index in [-0.39, 0.29) is 12.7 Å². The third-order valence-electron chi connectivity index (χ3n) is 5.15. The lowest BCUT2D eigenvalue weighted by atomic mass is 10.1. The van der Waals surface area contributed by atoms with E-state index in [4.69, 9.17) is 9.47 Å². The fraction of sp³-hybridized carbons (Fsp3) is 0.227. The standard InChI is InChI=1S/C22H20N4O3/c27-22(16-5-9-19-20(13-16)29-14-28-19)23-17-6-3-15(4-7-17)18-8-10-21(25-24-18)26-11-1-2-12-26/h3-10,13H,1-2,11-12,14H2,(H,23,27). The number of hydrogen-bond acceptors (Lipinski definition) is 6. The number of amides is 1. The Hall–Kier alpha value is -3.61. The topological polar surface area (TPSA) is 76.6 Å². The van der Waals surface area contributed by atoms with Crippen LogP contribution in [0.2, 0.25) is 0 Å². The Morgan fingerprint density at radius 1 is 0.897 bits per heavy atom. The van der Waals surface area contributed by atoms with Crippen LogP contribution in [-0.4, -0.2) is 36.0 Å². The van der Waals surface area contributed by atoms with E-state index in [0.717, 1.165) is 30.2 Å². The molecule has 3 aromatic rings. The molecule has 2 aliphatic rings. The van der Waals surface area contributed by atoms with Crippen molar-refractivity contribution < 1.29 is 14.3 Å². The number of carbonyl (C=O) groups excluding carboxylic acids is 1. The lowest BCUT2D eigenvalue weighted by Crippen LogP contribution is -2.19. The summed E-state index contributed by atoms with van der Waals surface area (Å²) in [6.07, 6.45) is 2.42. The van der Waals surface area contributed by atoms with Crippen LogP contribution in [0.4, 0.5) is 11.5 Å². The van der Waals surface area contributed by atoms with Gasteiger partial charge in [-0.2, -0.15) is 0 Å². The van der Waals surface area contributed by atoms with Crippen LogP contribution in [0.25, 0.3) is 11.3 Å². The summed E-state index contributed by atoms with van der Waals surface area (Å²) < 4.78 is 10.6. The molecule has 1 aromatic heterocycles. The minimum absolute atomic E-state index is 0.184. The summed E-state index contributed by atoms with van der Waals surface area (Å²) in [5.74, 6) is 1.97. The Morgan fingerprint density at radius 3 is 2.45 bits per heavy atom. The van der Waals surface area contributed by atoms with Crippen molar-refractivity contribution in [1.82, 2.24) is 10.2 Å². The van der Waals surface area contributed by atoms with E-state index in [1.807, 2.05) is 36.4 Å². The molecule has 2 aromatic carbocycles. The lowest BCUT2D eigenvalue weighted by Gasteiger charge is -2.15. The van der Waals surface area contributed by atoms with Crippen molar-refractivity contribution in [3.8, 4) is 22.8 Å². The molecule has 1 N–H and O–H groups in total. The maximum atomic E-state index is 12.5. The van der Waals surface area contributed by atoms with Gasteiger partial charge in [-0.15, -0.1) is 10.2 Å². The first kappa shape index (κ1) is 17.5. The van der Waals surface area contributed by atoms with Crippen LogP contribution in [0.5, 0.6) is 11.5 Å². The molecule has 2 aliphatic heterocycles. The molecule has 29 heavy (non-hydrogen) atoms.